The first-order valence-corrected chi connectivity index (χ1v) is 8.26. The molecule has 0 amide bonds. The zero-order valence-corrected chi connectivity index (χ0v) is 12.8. The number of methoxy groups -OCH3 is 1. The molecule has 1 saturated carbocycles. The smallest absolute Gasteiger partial charge is 0.119 e. The van der Waals surface area contributed by atoms with Crippen LogP contribution in [0, 0.1) is 5.92 Å². The Morgan fingerprint density at radius 3 is 2.79 bits per heavy atom. The summed E-state index contributed by atoms with van der Waals surface area (Å²) in [5, 5.41) is 3.52. The van der Waals surface area contributed by atoms with Crippen LogP contribution in [-0.4, -0.2) is 26.0 Å². The van der Waals surface area contributed by atoms with Gasteiger partial charge in [0.1, 0.15) is 5.75 Å². The van der Waals surface area contributed by atoms with Crippen LogP contribution >= 0.6 is 11.8 Å². The largest absolute Gasteiger partial charge is 0.497 e. The number of benzene rings is 1. The van der Waals surface area contributed by atoms with E-state index in [1.807, 2.05) is 17.8 Å². The highest BCUT2D eigenvalue weighted by molar-refractivity contribution is 7.99. The van der Waals surface area contributed by atoms with E-state index in [1.54, 1.807) is 7.11 Å². The summed E-state index contributed by atoms with van der Waals surface area (Å²) < 4.78 is 5.28. The first-order chi connectivity index (χ1) is 9.33. The minimum atomic E-state index is 0.636. The van der Waals surface area contributed by atoms with Crippen molar-refractivity contribution in [3.63, 3.8) is 0 Å². The molecule has 1 aliphatic rings. The quantitative estimate of drug-likeness (QED) is 0.797. The average Bonchev–Trinajstić information content (AvgIpc) is 2.49. The summed E-state index contributed by atoms with van der Waals surface area (Å²) in [6.45, 7) is 0. The van der Waals surface area contributed by atoms with Crippen LogP contribution in [0.1, 0.15) is 32.1 Å². The Morgan fingerprint density at radius 1 is 1.32 bits per heavy atom. The number of hydrogen-bond acceptors (Lipinski definition) is 3. The van der Waals surface area contributed by atoms with Crippen LogP contribution in [0.25, 0.3) is 0 Å². The van der Waals surface area contributed by atoms with Gasteiger partial charge in [0.2, 0.25) is 0 Å². The SMILES string of the molecule is CNC(CSc1cccc(OC)c1)C1CCCCC1. The Morgan fingerprint density at radius 2 is 2.11 bits per heavy atom. The minimum Gasteiger partial charge on any atom is -0.497 e. The number of thioether (sulfide) groups is 1. The molecule has 106 valence electrons. The molecule has 0 saturated heterocycles. The maximum Gasteiger partial charge on any atom is 0.119 e. The lowest BCUT2D eigenvalue weighted by atomic mass is 9.84. The van der Waals surface area contributed by atoms with E-state index in [9.17, 15) is 0 Å². The summed E-state index contributed by atoms with van der Waals surface area (Å²) in [5.74, 6) is 2.95. The van der Waals surface area contributed by atoms with Gasteiger partial charge in [-0.15, -0.1) is 11.8 Å². The lowest BCUT2D eigenvalue weighted by molar-refractivity contribution is 0.294. The van der Waals surface area contributed by atoms with E-state index >= 15 is 0 Å². The molecule has 0 spiro atoms. The second-order valence-electron chi connectivity index (χ2n) is 5.28. The Bertz CT molecular complexity index is 377. The van der Waals surface area contributed by atoms with Crippen molar-refractivity contribution in [3.05, 3.63) is 24.3 Å². The molecule has 0 bridgehead atoms. The van der Waals surface area contributed by atoms with Crippen molar-refractivity contribution in [2.75, 3.05) is 19.9 Å². The molecule has 1 unspecified atom stereocenters. The van der Waals surface area contributed by atoms with Gasteiger partial charge in [-0.3, -0.25) is 0 Å². The highest BCUT2D eigenvalue weighted by Crippen LogP contribution is 2.30. The molecular weight excluding hydrogens is 254 g/mol. The molecule has 3 heteroatoms. The fourth-order valence-corrected chi connectivity index (χ4v) is 4.05. The third-order valence-electron chi connectivity index (χ3n) is 4.06. The van der Waals surface area contributed by atoms with Crippen molar-refractivity contribution >= 4 is 11.8 Å². The molecule has 1 aromatic carbocycles. The van der Waals surface area contributed by atoms with E-state index in [-0.39, 0.29) is 0 Å². The van der Waals surface area contributed by atoms with Crippen molar-refractivity contribution in [2.24, 2.45) is 5.92 Å². The molecule has 0 aromatic heterocycles. The van der Waals surface area contributed by atoms with Crippen LogP contribution in [0.15, 0.2) is 29.2 Å². The Labute approximate surface area is 121 Å². The third kappa shape index (κ3) is 4.43. The normalized spacial score (nSPS) is 18.2. The number of ether oxygens (including phenoxy) is 1. The Kier molecular flexibility index (Phi) is 6.05. The molecular formula is C16H25NOS. The molecule has 0 heterocycles. The predicted octanol–water partition coefficient (Wildman–Crippen LogP) is 3.96. The van der Waals surface area contributed by atoms with Crippen molar-refractivity contribution < 1.29 is 4.74 Å². The molecule has 0 radical (unpaired) electrons. The van der Waals surface area contributed by atoms with Gasteiger partial charge in [-0.2, -0.15) is 0 Å². The second-order valence-corrected chi connectivity index (χ2v) is 6.38. The summed E-state index contributed by atoms with van der Waals surface area (Å²) in [6, 6.07) is 8.99. The van der Waals surface area contributed by atoms with Gasteiger partial charge in [0.05, 0.1) is 7.11 Å². The summed E-state index contributed by atoms with van der Waals surface area (Å²) in [7, 11) is 3.83. The zero-order valence-electron chi connectivity index (χ0n) is 12.0. The fourth-order valence-electron chi connectivity index (χ4n) is 2.87. The Hall–Kier alpha value is -0.670. The monoisotopic (exact) mass is 279 g/mol. The standard InChI is InChI=1S/C16H25NOS/c1-17-16(13-7-4-3-5-8-13)12-19-15-10-6-9-14(11-15)18-2/h6,9-11,13,16-17H,3-5,7-8,12H2,1-2H3. The summed E-state index contributed by atoms with van der Waals surface area (Å²) in [5.41, 5.74) is 0. The van der Waals surface area contributed by atoms with E-state index in [1.165, 1.54) is 37.0 Å². The predicted molar refractivity (Wildman–Crippen MR) is 83.1 cm³/mol. The molecule has 1 aromatic rings. The van der Waals surface area contributed by atoms with E-state index in [0.29, 0.717) is 6.04 Å². The van der Waals surface area contributed by atoms with Crippen LogP contribution in [0.2, 0.25) is 0 Å². The van der Waals surface area contributed by atoms with Crippen molar-refractivity contribution in [1.29, 1.82) is 0 Å². The van der Waals surface area contributed by atoms with Crippen LogP contribution in [0.3, 0.4) is 0 Å². The van der Waals surface area contributed by atoms with Crippen molar-refractivity contribution in [1.82, 2.24) is 5.32 Å². The highest BCUT2D eigenvalue weighted by atomic mass is 32.2. The van der Waals surface area contributed by atoms with E-state index in [0.717, 1.165) is 17.4 Å². The van der Waals surface area contributed by atoms with Crippen LogP contribution in [0.4, 0.5) is 0 Å². The van der Waals surface area contributed by atoms with Gasteiger partial charge >= 0.3 is 0 Å². The molecule has 1 aliphatic carbocycles. The highest BCUT2D eigenvalue weighted by Gasteiger charge is 2.22. The molecule has 0 aliphatic heterocycles. The van der Waals surface area contributed by atoms with Crippen LogP contribution < -0.4 is 10.1 Å². The van der Waals surface area contributed by atoms with Crippen LogP contribution in [-0.2, 0) is 0 Å². The van der Waals surface area contributed by atoms with E-state index in [4.69, 9.17) is 4.74 Å². The van der Waals surface area contributed by atoms with Crippen LogP contribution in [0.5, 0.6) is 5.75 Å². The lowest BCUT2D eigenvalue weighted by Gasteiger charge is -2.29. The summed E-state index contributed by atoms with van der Waals surface area (Å²) in [4.78, 5) is 1.30. The van der Waals surface area contributed by atoms with E-state index < -0.39 is 0 Å². The molecule has 1 fully saturated rings. The first kappa shape index (κ1) is 14.7. The maximum atomic E-state index is 5.28. The van der Waals surface area contributed by atoms with E-state index in [2.05, 4.69) is 30.6 Å². The fraction of sp³-hybridized carbons (Fsp3) is 0.625. The van der Waals surface area contributed by atoms with Gasteiger partial charge in [-0.25, -0.2) is 0 Å². The summed E-state index contributed by atoms with van der Waals surface area (Å²) >= 11 is 1.93. The van der Waals surface area contributed by atoms with Gasteiger partial charge in [0.15, 0.2) is 0 Å². The molecule has 2 nitrogen and oxygen atoms in total. The third-order valence-corrected chi connectivity index (χ3v) is 5.17. The lowest BCUT2D eigenvalue weighted by Crippen LogP contribution is -2.36. The van der Waals surface area contributed by atoms with Crippen molar-refractivity contribution in [2.45, 2.75) is 43.0 Å². The molecule has 1 atom stereocenters. The number of rotatable bonds is 6. The zero-order chi connectivity index (χ0) is 13.5. The Balaban J connectivity index is 1.87. The second kappa shape index (κ2) is 7.81. The van der Waals surface area contributed by atoms with Gasteiger partial charge in [0, 0.05) is 16.7 Å². The first-order valence-electron chi connectivity index (χ1n) is 7.27. The topological polar surface area (TPSA) is 21.3 Å². The van der Waals surface area contributed by atoms with Gasteiger partial charge in [-0.1, -0.05) is 25.3 Å². The van der Waals surface area contributed by atoms with Crippen molar-refractivity contribution in [3.8, 4) is 5.75 Å². The van der Waals surface area contributed by atoms with Gasteiger partial charge < -0.3 is 10.1 Å². The maximum absolute atomic E-state index is 5.28. The molecule has 19 heavy (non-hydrogen) atoms. The van der Waals surface area contributed by atoms with Gasteiger partial charge in [-0.05, 0) is 44.0 Å². The van der Waals surface area contributed by atoms with Gasteiger partial charge in [0.25, 0.3) is 0 Å². The summed E-state index contributed by atoms with van der Waals surface area (Å²) in [6.07, 6.45) is 7.03. The average molecular weight is 279 g/mol. The molecule has 2 rings (SSSR count). The molecule has 1 N–H and O–H groups in total. The number of hydrogen-bond donors (Lipinski definition) is 1. The number of nitrogens with one attached hydrogen (secondary N) is 1. The minimum absolute atomic E-state index is 0.636.